The maximum Gasteiger partial charge on any atom is 0.192 e. The van der Waals surface area contributed by atoms with E-state index in [0.29, 0.717) is 11.8 Å². The molecule has 0 amide bonds. The first-order valence-corrected chi connectivity index (χ1v) is 8.39. The van der Waals surface area contributed by atoms with Crippen LogP contribution < -0.4 is 0 Å². The smallest absolute Gasteiger partial charge is 0.192 e. The number of furan rings is 1. The van der Waals surface area contributed by atoms with Gasteiger partial charge in [0, 0.05) is 11.8 Å². The molecule has 2 aromatic heterocycles. The summed E-state index contributed by atoms with van der Waals surface area (Å²) in [4.78, 5) is 0. The van der Waals surface area contributed by atoms with E-state index in [1.165, 1.54) is 5.56 Å². The molecule has 3 aromatic rings. The minimum Gasteiger partial charge on any atom is -0.469 e. The summed E-state index contributed by atoms with van der Waals surface area (Å²) in [6.45, 7) is 8.62. The maximum absolute atomic E-state index is 5.40. The molecule has 0 aliphatic rings. The van der Waals surface area contributed by atoms with E-state index in [0.717, 1.165) is 22.3 Å². The molecule has 0 N–H and O–H groups in total. The van der Waals surface area contributed by atoms with Gasteiger partial charge in [-0.1, -0.05) is 48.2 Å². The summed E-state index contributed by atoms with van der Waals surface area (Å²) >= 11 is 1.70. The standard InChI is InChI=1S/C18H19N3OS/c1-4-11-21-17(16-10-12-22-13(16)2)19-20-18(21)23-14(3)15-8-6-5-7-9-15/h4-10,12,14H,1,11H2,2-3H3. The van der Waals surface area contributed by atoms with Gasteiger partial charge in [0.15, 0.2) is 11.0 Å². The van der Waals surface area contributed by atoms with Crippen LogP contribution in [0.4, 0.5) is 0 Å². The Morgan fingerprint density at radius 1 is 1.26 bits per heavy atom. The van der Waals surface area contributed by atoms with Gasteiger partial charge < -0.3 is 4.42 Å². The van der Waals surface area contributed by atoms with Crippen molar-refractivity contribution in [2.45, 2.75) is 30.8 Å². The molecule has 2 heterocycles. The zero-order valence-corrected chi connectivity index (χ0v) is 14.1. The zero-order valence-electron chi connectivity index (χ0n) is 13.3. The van der Waals surface area contributed by atoms with Crippen molar-refractivity contribution < 1.29 is 4.42 Å². The van der Waals surface area contributed by atoms with Crippen LogP contribution >= 0.6 is 11.8 Å². The van der Waals surface area contributed by atoms with Gasteiger partial charge >= 0.3 is 0 Å². The largest absolute Gasteiger partial charge is 0.469 e. The van der Waals surface area contributed by atoms with Crippen molar-refractivity contribution in [3.8, 4) is 11.4 Å². The van der Waals surface area contributed by atoms with Crippen LogP contribution in [-0.4, -0.2) is 14.8 Å². The number of allylic oxidation sites excluding steroid dienone is 1. The number of aromatic nitrogens is 3. The predicted octanol–water partition coefficient (Wildman–Crippen LogP) is 4.89. The quantitative estimate of drug-likeness (QED) is 0.478. The fraction of sp³-hybridized carbons (Fsp3) is 0.222. The number of rotatable bonds is 6. The molecule has 0 fully saturated rings. The molecule has 0 aliphatic heterocycles. The van der Waals surface area contributed by atoms with Crippen molar-refractivity contribution in [1.29, 1.82) is 0 Å². The third-order valence-electron chi connectivity index (χ3n) is 3.68. The Morgan fingerprint density at radius 3 is 2.70 bits per heavy atom. The lowest BCUT2D eigenvalue weighted by Gasteiger charge is -2.12. The van der Waals surface area contributed by atoms with Crippen molar-refractivity contribution in [1.82, 2.24) is 14.8 Å². The maximum atomic E-state index is 5.40. The van der Waals surface area contributed by atoms with E-state index in [9.17, 15) is 0 Å². The highest BCUT2D eigenvalue weighted by molar-refractivity contribution is 7.99. The molecule has 4 nitrogen and oxygen atoms in total. The normalized spacial score (nSPS) is 12.3. The van der Waals surface area contributed by atoms with Crippen LogP contribution in [0.1, 0.15) is 23.5 Å². The molecule has 5 heteroatoms. The minimum absolute atomic E-state index is 0.294. The van der Waals surface area contributed by atoms with Gasteiger partial charge in [0.25, 0.3) is 0 Å². The molecule has 1 aromatic carbocycles. The molecule has 23 heavy (non-hydrogen) atoms. The lowest BCUT2D eigenvalue weighted by atomic mass is 10.2. The Hall–Kier alpha value is -2.27. The Bertz CT molecular complexity index is 792. The summed E-state index contributed by atoms with van der Waals surface area (Å²) in [5.74, 6) is 1.66. The van der Waals surface area contributed by atoms with E-state index < -0.39 is 0 Å². The molecule has 3 rings (SSSR count). The van der Waals surface area contributed by atoms with Crippen LogP contribution in [0.25, 0.3) is 11.4 Å². The van der Waals surface area contributed by atoms with Gasteiger partial charge in [0.05, 0.1) is 11.8 Å². The average Bonchev–Trinajstić information content (AvgIpc) is 3.15. The molecule has 0 bridgehead atoms. The number of thioether (sulfide) groups is 1. The van der Waals surface area contributed by atoms with Crippen LogP contribution in [-0.2, 0) is 6.54 Å². The Kier molecular flexibility index (Phi) is 4.67. The van der Waals surface area contributed by atoms with E-state index in [4.69, 9.17) is 4.42 Å². The highest BCUT2D eigenvalue weighted by Crippen LogP contribution is 2.35. The Morgan fingerprint density at radius 2 is 2.04 bits per heavy atom. The first kappa shape index (κ1) is 15.6. The number of aryl methyl sites for hydroxylation is 1. The molecular weight excluding hydrogens is 306 g/mol. The molecule has 1 atom stereocenters. The van der Waals surface area contributed by atoms with Gasteiger partial charge in [-0.05, 0) is 25.5 Å². The lowest BCUT2D eigenvalue weighted by molar-refractivity contribution is 0.534. The summed E-state index contributed by atoms with van der Waals surface area (Å²) in [5, 5.41) is 9.93. The summed E-state index contributed by atoms with van der Waals surface area (Å²) in [6, 6.07) is 12.3. The topological polar surface area (TPSA) is 43.9 Å². The van der Waals surface area contributed by atoms with Crippen LogP contribution in [0.15, 0.2) is 64.9 Å². The van der Waals surface area contributed by atoms with Crippen LogP contribution in [0.5, 0.6) is 0 Å². The van der Waals surface area contributed by atoms with Crippen molar-refractivity contribution in [2.75, 3.05) is 0 Å². The number of benzene rings is 1. The van der Waals surface area contributed by atoms with E-state index in [1.54, 1.807) is 18.0 Å². The van der Waals surface area contributed by atoms with Crippen LogP contribution in [0.2, 0.25) is 0 Å². The van der Waals surface area contributed by atoms with Crippen molar-refractivity contribution in [3.05, 3.63) is 66.6 Å². The van der Waals surface area contributed by atoms with Crippen molar-refractivity contribution >= 4 is 11.8 Å². The monoisotopic (exact) mass is 325 g/mol. The molecule has 0 aliphatic carbocycles. The fourth-order valence-electron chi connectivity index (χ4n) is 2.44. The molecule has 1 unspecified atom stereocenters. The Balaban J connectivity index is 1.92. The van der Waals surface area contributed by atoms with Crippen molar-refractivity contribution in [2.24, 2.45) is 0 Å². The molecule has 118 valence electrons. The van der Waals surface area contributed by atoms with E-state index >= 15 is 0 Å². The first-order chi connectivity index (χ1) is 11.2. The molecule has 0 spiro atoms. The molecule has 0 radical (unpaired) electrons. The second-order valence-corrected chi connectivity index (χ2v) is 6.57. The highest BCUT2D eigenvalue weighted by Gasteiger charge is 2.19. The zero-order chi connectivity index (χ0) is 16.2. The molecule has 0 saturated carbocycles. The van der Waals surface area contributed by atoms with Gasteiger partial charge in [-0.3, -0.25) is 4.57 Å². The third kappa shape index (κ3) is 3.24. The summed E-state index contributed by atoms with van der Waals surface area (Å²) < 4.78 is 7.48. The minimum atomic E-state index is 0.294. The van der Waals surface area contributed by atoms with Gasteiger partial charge in [-0.25, -0.2) is 0 Å². The first-order valence-electron chi connectivity index (χ1n) is 7.51. The number of hydrogen-bond donors (Lipinski definition) is 0. The summed E-state index contributed by atoms with van der Waals surface area (Å²) in [7, 11) is 0. The highest BCUT2D eigenvalue weighted by atomic mass is 32.2. The third-order valence-corrected chi connectivity index (χ3v) is 4.82. The van der Waals surface area contributed by atoms with E-state index in [-0.39, 0.29) is 0 Å². The van der Waals surface area contributed by atoms with Gasteiger partial charge in [-0.2, -0.15) is 0 Å². The second kappa shape index (κ2) is 6.87. The predicted molar refractivity (Wildman–Crippen MR) is 93.4 cm³/mol. The van der Waals surface area contributed by atoms with Gasteiger partial charge in [0.1, 0.15) is 5.76 Å². The average molecular weight is 325 g/mol. The van der Waals surface area contributed by atoms with Crippen LogP contribution in [0.3, 0.4) is 0 Å². The molecule has 0 saturated heterocycles. The van der Waals surface area contributed by atoms with Gasteiger partial charge in [-0.15, -0.1) is 16.8 Å². The summed E-state index contributed by atoms with van der Waals surface area (Å²) in [5.41, 5.74) is 2.24. The van der Waals surface area contributed by atoms with E-state index in [2.05, 4.69) is 52.5 Å². The second-order valence-electron chi connectivity index (χ2n) is 5.27. The SMILES string of the molecule is C=CCn1c(SC(C)c2ccccc2)nnc1-c1ccoc1C. The fourth-order valence-corrected chi connectivity index (χ4v) is 3.42. The Labute approximate surface area is 140 Å². The van der Waals surface area contributed by atoms with Crippen molar-refractivity contribution in [3.63, 3.8) is 0 Å². The van der Waals surface area contributed by atoms with Crippen LogP contribution in [0, 0.1) is 6.92 Å². The number of nitrogens with zero attached hydrogens (tertiary/aromatic N) is 3. The number of hydrogen-bond acceptors (Lipinski definition) is 4. The molecular formula is C18H19N3OS. The summed E-state index contributed by atoms with van der Waals surface area (Å²) in [6.07, 6.45) is 3.54. The van der Waals surface area contributed by atoms with Gasteiger partial charge in [0.2, 0.25) is 0 Å². The lowest BCUT2D eigenvalue weighted by Crippen LogP contribution is -2.01. The van der Waals surface area contributed by atoms with E-state index in [1.807, 2.05) is 25.1 Å².